The normalized spacial score (nSPS) is 13.8. The minimum absolute atomic E-state index is 0.148. The molecule has 15 heavy (non-hydrogen) atoms. The molecule has 4 heteroatoms. The Morgan fingerprint density at radius 2 is 1.93 bits per heavy atom. The first kappa shape index (κ1) is 12.2. The summed E-state index contributed by atoms with van der Waals surface area (Å²) in [5.41, 5.74) is 5.91. The number of hydrogen-bond donors (Lipinski definition) is 1. The van der Waals surface area contributed by atoms with Crippen molar-refractivity contribution >= 4 is 0 Å². The van der Waals surface area contributed by atoms with Crippen molar-refractivity contribution in [2.75, 3.05) is 0 Å². The van der Waals surface area contributed by atoms with Crippen molar-refractivity contribution < 1.29 is 4.52 Å². The van der Waals surface area contributed by atoms with Gasteiger partial charge in [0.1, 0.15) is 0 Å². The van der Waals surface area contributed by atoms with Crippen LogP contribution in [0.15, 0.2) is 4.52 Å². The first-order valence-electron chi connectivity index (χ1n) is 5.58. The van der Waals surface area contributed by atoms with E-state index in [1.165, 1.54) is 0 Å². The van der Waals surface area contributed by atoms with Crippen LogP contribution >= 0.6 is 0 Å². The largest absolute Gasteiger partial charge is 0.338 e. The molecule has 0 aliphatic carbocycles. The first-order valence-corrected chi connectivity index (χ1v) is 5.58. The van der Waals surface area contributed by atoms with Gasteiger partial charge in [0.05, 0.1) is 6.04 Å². The number of hydrogen-bond acceptors (Lipinski definition) is 4. The number of nitrogens with zero attached hydrogens (tertiary/aromatic N) is 2. The molecule has 0 aromatic carbocycles. The smallest absolute Gasteiger partial charge is 0.243 e. The molecule has 1 aromatic heterocycles. The fraction of sp³-hybridized carbons (Fsp3) is 0.818. The highest BCUT2D eigenvalue weighted by Gasteiger charge is 2.17. The van der Waals surface area contributed by atoms with Crippen molar-refractivity contribution in [2.45, 2.75) is 46.6 Å². The lowest BCUT2D eigenvalue weighted by Crippen LogP contribution is -2.17. The van der Waals surface area contributed by atoms with Crippen LogP contribution < -0.4 is 5.73 Å². The molecule has 1 heterocycles. The third-order valence-corrected chi connectivity index (χ3v) is 2.43. The molecule has 0 aliphatic rings. The van der Waals surface area contributed by atoms with Gasteiger partial charge in [0.2, 0.25) is 5.89 Å². The third-order valence-electron chi connectivity index (χ3n) is 2.43. The SMILES string of the molecule is CC(C)CCc1noc([C@@H](N)C(C)C)n1. The highest BCUT2D eigenvalue weighted by atomic mass is 16.5. The second-order valence-electron chi connectivity index (χ2n) is 4.75. The maximum absolute atomic E-state index is 5.91. The molecule has 0 fully saturated rings. The van der Waals surface area contributed by atoms with Crippen LogP contribution in [0.2, 0.25) is 0 Å². The molecular formula is C11H21N3O. The van der Waals surface area contributed by atoms with Gasteiger partial charge in [-0.2, -0.15) is 4.98 Å². The van der Waals surface area contributed by atoms with Gasteiger partial charge in [-0.15, -0.1) is 0 Å². The van der Waals surface area contributed by atoms with Gasteiger partial charge in [-0.25, -0.2) is 0 Å². The van der Waals surface area contributed by atoms with E-state index < -0.39 is 0 Å². The van der Waals surface area contributed by atoms with E-state index in [1.54, 1.807) is 0 Å². The molecule has 0 spiro atoms. The van der Waals surface area contributed by atoms with Crippen LogP contribution in [-0.2, 0) is 6.42 Å². The van der Waals surface area contributed by atoms with Gasteiger partial charge in [0.15, 0.2) is 5.82 Å². The first-order chi connectivity index (χ1) is 7.00. The van der Waals surface area contributed by atoms with Crippen molar-refractivity contribution in [3.8, 4) is 0 Å². The molecule has 0 saturated carbocycles. The summed E-state index contributed by atoms with van der Waals surface area (Å²) >= 11 is 0. The minimum atomic E-state index is -0.148. The predicted molar refractivity (Wildman–Crippen MR) is 59.2 cm³/mol. The summed E-state index contributed by atoms with van der Waals surface area (Å²) in [5, 5.41) is 3.93. The Morgan fingerprint density at radius 3 is 2.47 bits per heavy atom. The summed E-state index contributed by atoms with van der Waals surface area (Å²) in [4.78, 5) is 4.30. The van der Waals surface area contributed by atoms with E-state index in [1.807, 2.05) is 13.8 Å². The van der Waals surface area contributed by atoms with E-state index in [0.717, 1.165) is 18.7 Å². The van der Waals surface area contributed by atoms with Crippen molar-refractivity contribution in [2.24, 2.45) is 17.6 Å². The van der Waals surface area contributed by atoms with Gasteiger partial charge < -0.3 is 10.3 Å². The fourth-order valence-corrected chi connectivity index (χ4v) is 1.21. The van der Waals surface area contributed by atoms with Crippen molar-refractivity contribution in [3.63, 3.8) is 0 Å². The Balaban J connectivity index is 2.56. The molecule has 1 atom stereocenters. The monoisotopic (exact) mass is 211 g/mol. The van der Waals surface area contributed by atoms with Gasteiger partial charge in [0, 0.05) is 6.42 Å². The average Bonchev–Trinajstić information content (AvgIpc) is 2.61. The van der Waals surface area contributed by atoms with E-state index in [0.29, 0.717) is 17.7 Å². The predicted octanol–water partition coefficient (Wildman–Crippen LogP) is 2.31. The molecule has 0 saturated heterocycles. The molecular weight excluding hydrogens is 190 g/mol. The molecule has 0 unspecified atom stereocenters. The van der Waals surface area contributed by atoms with Crippen molar-refractivity contribution in [3.05, 3.63) is 11.7 Å². The molecule has 4 nitrogen and oxygen atoms in total. The van der Waals surface area contributed by atoms with Crippen LogP contribution in [0.25, 0.3) is 0 Å². The second kappa shape index (κ2) is 5.26. The molecule has 0 bridgehead atoms. The summed E-state index contributed by atoms with van der Waals surface area (Å²) in [6, 6.07) is -0.148. The van der Waals surface area contributed by atoms with Crippen molar-refractivity contribution in [1.29, 1.82) is 0 Å². The van der Waals surface area contributed by atoms with Crippen LogP contribution in [0.4, 0.5) is 0 Å². The van der Waals surface area contributed by atoms with Crippen LogP contribution in [0, 0.1) is 11.8 Å². The average molecular weight is 211 g/mol. The van der Waals surface area contributed by atoms with E-state index in [2.05, 4.69) is 24.0 Å². The molecule has 0 aliphatic heterocycles. The van der Waals surface area contributed by atoms with Crippen LogP contribution in [-0.4, -0.2) is 10.1 Å². The minimum Gasteiger partial charge on any atom is -0.338 e. The van der Waals surface area contributed by atoms with E-state index >= 15 is 0 Å². The number of nitrogens with two attached hydrogens (primary N) is 1. The molecule has 1 aromatic rings. The summed E-state index contributed by atoms with van der Waals surface area (Å²) in [6.07, 6.45) is 1.95. The lowest BCUT2D eigenvalue weighted by Gasteiger charge is -2.09. The Bertz CT molecular complexity index is 294. The zero-order chi connectivity index (χ0) is 11.4. The number of aromatic nitrogens is 2. The Morgan fingerprint density at radius 1 is 1.27 bits per heavy atom. The van der Waals surface area contributed by atoms with Crippen LogP contribution in [0.1, 0.15) is 51.9 Å². The maximum Gasteiger partial charge on any atom is 0.243 e. The zero-order valence-electron chi connectivity index (χ0n) is 10.0. The fourth-order valence-electron chi connectivity index (χ4n) is 1.21. The summed E-state index contributed by atoms with van der Waals surface area (Å²) in [7, 11) is 0. The lowest BCUT2D eigenvalue weighted by atomic mass is 10.1. The standard InChI is InChI=1S/C11H21N3O/c1-7(2)5-6-9-13-11(15-14-9)10(12)8(3)4/h7-8,10H,5-6,12H2,1-4H3/t10-/m0/s1. The topological polar surface area (TPSA) is 64.9 Å². The Kier molecular flexibility index (Phi) is 4.27. The van der Waals surface area contributed by atoms with Crippen molar-refractivity contribution in [1.82, 2.24) is 10.1 Å². The third kappa shape index (κ3) is 3.63. The Hall–Kier alpha value is -0.900. The van der Waals surface area contributed by atoms with E-state index in [4.69, 9.17) is 10.3 Å². The number of rotatable bonds is 5. The molecule has 0 radical (unpaired) electrons. The van der Waals surface area contributed by atoms with Crippen LogP contribution in [0.3, 0.4) is 0 Å². The van der Waals surface area contributed by atoms with Gasteiger partial charge >= 0.3 is 0 Å². The summed E-state index contributed by atoms with van der Waals surface area (Å²) < 4.78 is 5.13. The van der Waals surface area contributed by atoms with Gasteiger partial charge in [-0.05, 0) is 18.3 Å². The maximum atomic E-state index is 5.91. The molecule has 2 N–H and O–H groups in total. The zero-order valence-corrected chi connectivity index (χ0v) is 10.0. The van der Waals surface area contributed by atoms with Gasteiger partial charge in [-0.3, -0.25) is 0 Å². The summed E-state index contributed by atoms with van der Waals surface area (Å²) in [6.45, 7) is 8.45. The van der Waals surface area contributed by atoms with Gasteiger partial charge in [-0.1, -0.05) is 32.9 Å². The molecule has 86 valence electrons. The lowest BCUT2D eigenvalue weighted by molar-refractivity contribution is 0.322. The highest BCUT2D eigenvalue weighted by molar-refractivity contribution is 4.93. The summed E-state index contributed by atoms with van der Waals surface area (Å²) in [5.74, 6) is 2.31. The number of aryl methyl sites for hydroxylation is 1. The Labute approximate surface area is 91.2 Å². The van der Waals surface area contributed by atoms with Gasteiger partial charge in [0.25, 0.3) is 0 Å². The van der Waals surface area contributed by atoms with E-state index in [9.17, 15) is 0 Å². The quantitative estimate of drug-likeness (QED) is 0.811. The highest BCUT2D eigenvalue weighted by Crippen LogP contribution is 2.17. The molecule has 1 rings (SSSR count). The molecule has 0 amide bonds. The van der Waals surface area contributed by atoms with Crippen LogP contribution in [0.5, 0.6) is 0 Å². The second-order valence-corrected chi connectivity index (χ2v) is 4.75. The van der Waals surface area contributed by atoms with E-state index in [-0.39, 0.29) is 6.04 Å².